The van der Waals surface area contributed by atoms with Gasteiger partial charge < -0.3 is 15.5 Å². The Bertz CT molecular complexity index is 811. The fourth-order valence-electron chi connectivity index (χ4n) is 2.61. The summed E-state index contributed by atoms with van der Waals surface area (Å²) in [4.78, 5) is 25.4. The van der Waals surface area contributed by atoms with E-state index in [4.69, 9.17) is 0 Å². The van der Waals surface area contributed by atoms with Crippen LogP contribution in [0.15, 0.2) is 42.5 Å². The third-order valence-corrected chi connectivity index (χ3v) is 3.78. The highest BCUT2D eigenvalue weighted by Crippen LogP contribution is 2.22. The van der Waals surface area contributed by atoms with Crippen LogP contribution in [0, 0.1) is 17.5 Å². The summed E-state index contributed by atoms with van der Waals surface area (Å²) in [7, 11) is 0. The molecule has 2 aromatic rings. The zero-order valence-electron chi connectivity index (χ0n) is 12.9. The standard InChI is InChI=1S/C17H14F3N3O2/c18-10-1-4-13(5-2-10)23-9-12(8-16(23)24)21-17(25)22-15-7-11(19)3-6-14(15)20/h1-7,12H,8-9H2,(H2,21,22,25)/t12-/m1/s1. The Labute approximate surface area is 141 Å². The molecule has 1 saturated heterocycles. The van der Waals surface area contributed by atoms with Crippen molar-refractivity contribution in [2.45, 2.75) is 12.5 Å². The van der Waals surface area contributed by atoms with Gasteiger partial charge in [-0.2, -0.15) is 0 Å². The Morgan fingerprint density at radius 2 is 1.72 bits per heavy atom. The van der Waals surface area contributed by atoms with Crippen LogP contribution in [0.2, 0.25) is 0 Å². The number of rotatable bonds is 3. The Morgan fingerprint density at radius 3 is 2.44 bits per heavy atom. The summed E-state index contributed by atoms with van der Waals surface area (Å²) in [5.41, 5.74) is 0.226. The first kappa shape index (κ1) is 16.8. The molecule has 0 aromatic heterocycles. The van der Waals surface area contributed by atoms with Crippen molar-refractivity contribution in [1.82, 2.24) is 5.32 Å². The number of hydrogen-bond donors (Lipinski definition) is 2. The first-order valence-corrected chi connectivity index (χ1v) is 7.51. The summed E-state index contributed by atoms with van der Waals surface area (Å²) < 4.78 is 39.6. The number of nitrogens with one attached hydrogen (secondary N) is 2. The Morgan fingerprint density at radius 1 is 1.04 bits per heavy atom. The van der Waals surface area contributed by atoms with Crippen molar-refractivity contribution >= 4 is 23.3 Å². The molecule has 3 rings (SSSR count). The fourth-order valence-corrected chi connectivity index (χ4v) is 2.61. The van der Waals surface area contributed by atoms with Crippen LogP contribution >= 0.6 is 0 Å². The Hall–Kier alpha value is -3.03. The Balaban J connectivity index is 1.62. The minimum atomic E-state index is -0.771. The van der Waals surface area contributed by atoms with Gasteiger partial charge in [-0.15, -0.1) is 0 Å². The van der Waals surface area contributed by atoms with Crippen LogP contribution in [0.4, 0.5) is 29.3 Å². The molecule has 8 heteroatoms. The molecule has 1 aliphatic rings. The second-order valence-electron chi connectivity index (χ2n) is 5.60. The topological polar surface area (TPSA) is 61.4 Å². The molecular weight excluding hydrogens is 335 g/mol. The lowest BCUT2D eigenvalue weighted by Gasteiger charge is -2.17. The highest BCUT2D eigenvalue weighted by molar-refractivity contribution is 5.97. The third-order valence-electron chi connectivity index (χ3n) is 3.78. The van der Waals surface area contributed by atoms with Gasteiger partial charge in [-0.25, -0.2) is 18.0 Å². The summed E-state index contributed by atoms with van der Waals surface area (Å²) in [6.45, 7) is 0.198. The van der Waals surface area contributed by atoms with Crippen molar-refractivity contribution < 1.29 is 22.8 Å². The van der Waals surface area contributed by atoms with Crippen LogP contribution in [-0.4, -0.2) is 24.5 Å². The van der Waals surface area contributed by atoms with Crippen molar-refractivity contribution in [2.75, 3.05) is 16.8 Å². The average molecular weight is 349 g/mol. The maximum atomic E-state index is 13.5. The van der Waals surface area contributed by atoms with Crippen LogP contribution in [0.25, 0.3) is 0 Å². The monoisotopic (exact) mass is 349 g/mol. The van der Waals surface area contributed by atoms with Crippen molar-refractivity contribution in [3.05, 3.63) is 59.9 Å². The number of anilines is 2. The molecule has 0 unspecified atom stereocenters. The van der Waals surface area contributed by atoms with Gasteiger partial charge in [0.05, 0.1) is 11.7 Å². The molecule has 1 heterocycles. The van der Waals surface area contributed by atoms with Gasteiger partial charge in [0.2, 0.25) is 5.91 Å². The molecule has 2 aromatic carbocycles. The van der Waals surface area contributed by atoms with Crippen molar-refractivity contribution in [3.8, 4) is 0 Å². The number of carbonyl (C=O) groups is 2. The van der Waals surface area contributed by atoms with Crippen LogP contribution in [0.1, 0.15) is 6.42 Å². The second kappa shape index (κ2) is 6.84. The fraction of sp³-hybridized carbons (Fsp3) is 0.176. The van der Waals surface area contributed by atoms with Gasteiger partial charge in [0, 0.05) is 24.7 Å². The van der Waals surface area contributed by atoms with E-state index < -0.39 is 29.5 Å². The number of hydrogen-bond acceptors (Lipinski definition) is 2. The average Bonchev–Trinajstić information content (AvgIpc) is 2.92. The van der Waals surface area contributed by atoms with Gasteiger partial charge in [0.1, 0.15) is 17.5 Å². The largest absolute Gasteiger partial charge is 0.333 e. The van der Waals surface area contributed by atoms with Gasteiger partial charge >= 0.3 is 6.03 Å². The van der Waals surface area contributed by atoms with Crippen molar-refractivity contribution in [1.29, 1.82) is 0 Å². The zero-order chi connectivity index (χ0) is 18.0. The van der Waals surface area contributed by atoms with Gasteiger partial charge in [0.25, 0.3) is 0 Å². The van der Waals surface area contributed by atoms with Gasteiger partial charge in [-0.1, -0.05) is 0 Å². The summed E-state index contributed by atoms with van der Waals surface area (Å²) in [5.74, 6) is -2.10. The van der Waals surface area contributed by atoms with E-state index in [-0.39, 0.29) is 24.6 Å². The van der Waals surface area contributed by atoms with E-state index >= 15 is 0 Å². The molecule has 0 radical (unpaired) electrons. The van der Waals surface area contributed by atoms with Crippen LogP contribution < -0.4 is 15.5 Å². The van der Waals surface area contributed by atoms with E-state index in [0.717, 1.165) is 18.2 Å². The molecule has 0 bridgehead atoms. The zero-order valence-corrected chi connectivity index (χ0v) is 12.9. The molecule has 25 heavy (non-hydrogen) atoms. The summed E-state index contributed by atoms with van der Waals surface area (Å²) in [5, 5.41) is 4.75. The highest BCUT2D eigenvalue weighted by Gasteiger charge is 2.31. The van der Waals surface area contributed by atoms with Gasteiger partial charge in [-0.05, 0) is 36.4 Å². The quantitative estimate of drug-likeness (QED) is 0.895. The van der Waals surface area contributed by atoms with Crippen molar-refractivity contribution in [2.24, 2.45) is 0 Å². The van der Waals surface area contributed by atoms with E-state index in [2.05, 4.69) is 10.6 Å². The SMILES string of the molecule is O=C(Nc1cc(F)ccc1F)N[C@@H]1CC(=O)N(c2ccc(F)cc2)C1. The number of carbonyl (C=O) groups excluding carboxylic acids is 2. The molecular formula is C17H14F3N3O2. The number of benzene rings is 2. The number of halogens is 3. The second-order valence-corrected chi connectivity index (χ2v) is 5.60. The van der Waals surface area contributed by atoms with Gasteiger partial charge in [0.15, 0.2) is 0 Å². The van der Waals surface area contributed by atoms with E-state index in [0.29, 0.717) is 5.69 Å². The number of nitrogens with zero attached hydrogens (tertiary/aromatic N) is 1. The maximum absolute atomic E-state index is 13.5. The number of amides is 3. The predicted octanol–water partition coefficient (Wildman–Crippen LogP) is 3.03. The minimum Gasteiger partial charge on any atom is -0.333 e. The van der Waals surface area contributed by atoms with E-state index in [1.807, 2.05) is 0 Å². The highest BCUT2D eigenvalue weighted by atomic mass is 19.1. The summed E-state index contributed by atoms with van der Waals surface area (Å²) >= 11 is 0. The summed E-state index contributed by atoms with van der Waals surface area (Å²) in [6, 6.07) is 6.87. The molecule has 0 spiro atoms. The van der Waals surface area contributed by atoms with Gasteiger partial charge in [-0.3, -0.25) is 4.79 Å². The lowest BCUT2D eigenvalue weighted by Crippen LogP contribution is -2.39. The molecule has 3 amide bonds. The Kier molecular flexibility index (Phi) is 4.60. The lowest BCUT2D eigenvalue weighted by molar-refractivity contribution is -0.117. The van der Waals surface area contributed by atoms with E-state index in [9.17, 15) is 22.8 Å². The minimum absolute atomic E-state index is 0.0520. The third kappa shape index (κ3) is 3.90. The molecule has 0 saturated carbocycles. The first-order chi connectivity index (χ1) is 11.9. The normalized spacial score (nSPS) is 16.8. The van der Waals surface area contributed by atoms with E-state index in [1.54, 1.807) is 0 Å². The molecule has 1 atom stereocenters. The van der Waals surface area contributed by atoms with E-state index in [1.165, 1.54) is 29.2 Å². The first-order valence-electron chi connectivity index (χ1n) is 7.51. The van der Waals surface area contributed by atoms with Crippen molar-refractivity contribution in [3.63, 3.8) is 0 Å². The molecule has 0 aliphatic carbocycles. The van der Waals surface area contributed by atoms with Crippen LogP contribution in [0.5, 0.6) is 0 Å². The lowest BCUT2D eigenvalue weighted by atomic mass is 10.2. The predicted molar refractivity (Wildman–Crippen MR) is 85.7 cm³/mol. The molecule has 130 valence electrons. The summed E-state index contributed by atoms with van der Waals surface area (Å²) in [6.07, 6.45) is 0.0520. The number of urea groups is 1. The molecule has 1 aliphatic heterocycles. The molecule has 2 N–H and O–H groups in total. The smallest absolute Gasteiger partial charge is 0.319 e. The van der Waals surface area contributed by atoms with Crippen LogP contribution in [-0.2, 0) is 4.79 Å². The van der Waals surface area contributed by atoms with Crippen LogP contribution in [0.3, 0.4) is 0 Å². The molecule has 1 fully saturated rings. The maximum Gasteiger partial charge on any atom is 0.319 e. The molecule has 5 nitrogen and oxygen atoms in total.